The van der Waals surface area contributed by atoms with Crippen molar-refractivity contribution in [1.82, 2.24) is 4.90 Å². The van der Waals surface area contributed by atoms with Gasteiger partial charge in [-0.25, -0.2) is 8.42 Å². The number of hydrogen-bond donors (Lipinski definition) is 2. The van der Waals surface area contributed by atoms with E-state index in [0.29, 0.717) is 30.9 Å². The number of carbonyl (C=O) groups is 1. The molecule has 3 N–H and O–H groups in total. The van der Waals surface area contributed by atoms with Crippen molar-refractivity contribution in [2.75, 3.05) is 24.3 Å². The monoisotopic (exact) mass is 307 g/mol. The van der Waals surface area contributed by atoms with Crippen molar-refractivity contribution in [1.29, 1.82) is 0 Å². The van der Waals surface area contributed by atoms with E-state index in [-0.39, 0.29) is 11.7 Å². The lowest BCUT2D eigenvalue weighted by atomic mass is 10.0. The summed E-state index contributed by atoms with van der Waals surface area (Å²) < 4.78 is 23.5. The highest BCUT2D eigenvalue weighted by atomic mass is 32.2. The van der Waals surface area contributed by atoms with Crippen LogP contribution >= 0.6 is 11.8 Å². The zero-order valence-electron chi connectivity index (χ0n) is 10.6. The zero-order valence-corrected chi connectivity index (χ0v) is 12.2. The van der Waals surface area contributed by atoms with Crippen LogP contribution in [0.1, 0.15) is 12.8 Å². The van der Waals surface area contributed by atoms with Crippen LogP contribution in [0.15, 0.2) is 5.16 Å². The second-order valence-electron chi connectivity index (χ2n) is 4.92. The standard InChI is InChI=1S/C10H17N3O4S2/c1-19(16,17)7-6-18-5-4-13(7)9(14)10(2-3-10)8(11)12-15/h7,15H,2-6H2,1H3,(H2,11,12). The molecule has 1 unspecified atom stereocenters. The molecule has 0 aromatic heterocycles. The molecule has 2 aliphatic rings. The summed E-state index contributed by atoms with van der Waals surface area (Å²) in [6.07, 6.45) is 2.14. The minimum absolute atomic E-state index is 0.122. The first kappa shape index (κ1) is 14.4. The Kier molecular flexibility index (Phi) is 3.69. The van der Waals surface area contributed by atoms with E-state index in [1.165, 1.54) is 16.7 Å². The zero-order chi connectivity index (χ0) is 14.3. The Balaban J connectivity index is 2.27. The Labute approximate surface area is 116 Å². The van der Waals surface area contributed by atoms with Gasteiger partial charge < -0.3 is 15.8 Å². The predicted octanol–water partition coefficient (Wildman–Crippen LogP) is -0.541. The largest absolute Gasteiger partial charge is 0.409 e. The summed E-state index contributed by atoms with van der Waals surface area (Å²) in [5, 5.41) is 10.9. The summed E-state index contributed by atoms with van der Waals surface area (Å²) in [5.41, 5.74) is 4.59. The topological polar surface area (TPSA) is 113 Å². The van der Waals surface area contributed by atoms with Crippen molar-refractivity contribution in [2.45, 2.75) is 18.2 Å². The van der Waals surface area contributed by atoms with E-state index >= 15 is 0 Å². The number of amidine groups is 1. The van der Waals surface area contributed by atoms with Crippen molar-refractivity contribution in [3.05, 3.63) is 0 Å². The van der Waals surface area contributed by atoms with E-state index in [9.17, 15) is 13.2 Å². The molecule has 9 heteroatoms. The molecule has 0 bridgehead atoms. The van der Waals surface area contributed by atoms with Crippen LogP contribution in [0.5, 0.6) is 0 Å². The van der Waals surface area contributed by atoms with Crippen LogP contribution in [0.25, 0.3) is 0 Å². The number of nitrogens with two attached hydrogens (primary N) is 1. The fourth-order valence-electron chi connectivity index (χ4n) is 2.24. The van der Waals surface area contributed by atoms with Gasteiger partial charge in [0.15, 0.2) is 15.7 Å². The van der Waals surface area contributed by atoms with Gasteiger partial charge in [-0.05, 0) is 12.8 Å². The number of thioether (sulfide) groups is 1. The average molecular weight is 307 g/mol. The molecule has 108 valence electrons. The lowest BCUT2D eigenvalue weighted by molar-refractivity contribution is -0.135. The third-order valence-electron chi connectivity index (χ3n) is 3.60. The maximum absolute atomic E-state index is 12.5. The lowest BCUT2D eigenvalue weighted by Gasteiger charge is -2.36. The van der Waals surface area contributed by atoms with E-state index in [1.807, 2.05) is 0 Å². The molecule has 2 fully saturated rings. The lowest BCUT2D eigenvalue weighted by Crippen LogP contribution is -2.54. The maximum Gasteiger partial charge on any atom is 0.237 e. The van der Waals surface area contributed by atoms with Gasteiger partial charge in [0.1, 0.15) is 10.8 Å². The van der Waals surface area contributed by atoms with Gasteiger partial charge in [-0.1, -0.05) is 5.16 Å². The van der Waals surface area contributed by atoms with Gasteiger partial charge in [-0.2, -0.15) is 11.8 Å². The molecule has 1 saturated heterocycles. The van der Waals surface area contributed by atoms with Gasteiger partial charge in [0.05, 0.1) is 0 Å². The van der Waals surface area contributed by atoms with Crippen molar-refractivity contribution < 1.29 is 18.4 Å². The molecule has 0 aromatic carbocycles. The number of nitrogens with zero attached hydrogens (tertiary/aromatic N) is 2. The highest BCUT2D eigenvalue weighted by Crippen LogP contribution is 2.48. The number of oxime groups is 1. The Morgan fingerprint density at radius 2 is 2.16 bits per heavy atom. The molecule has 1 aliphatic carbocycles. The third-order valence-corrected chi connectivity index (χ3v) is 6.24. The van der Waals surface area contributed by atoms with Crippen LogP contribution in [-0.2, 0) is 14.6 Å². The molecule has 7 nitrogen and oxygen atoms in total. The molecular formula is C10H17N3O4S2. The first-order valence-electron chi connectivity index (χ1n) is 5.88. The number of sulfone groups is 1. The number of carbonyl (C=O) groups excluding carboxylic acids is 1. The normalized spacial score (nSPS) is 27.1. The van der Waals surface area contributed by atoms with Crippen LogP contribution < -0.4 is 5.73 Å². The Hall–Kier alpha value is -0.960. The SMILES string of the molecule is CS(=O)(=O)C1CSCCN1C(=O)C1(C(N)=NO)CC1. The van der Waals surface area contributed by atoms with Crippen LogP contribution in [0.3, 0.4) is 0 Å². The van der Waals surface area contributed by atoms with E-state index in [4.69, 9.17) is 10.9 Å². The molecule has 1 heterocycles. The minimum Gasteiger partial charge on any atom is -0.409 e. The Morgan fingerprint density at radius 1 is 1.53 bits per heavy atom. The van der Waals surface area contributed by atoms with Gasteiger partial charge in [0.25, 0.3) is 0 Å². The fourth-order valence-corrected chi connectivity index (χ4v) is 5.06. The molecule has 1 atom stereocenters. The summed E-state index contributed by atoms with van der Waals surface area (Å²) in [6.45, 7) is 0.377. The van der Waals surface area contributed by atoms with Gasteiger partial charge >= 0.3 is 0 Å². The van der Waals surface area contributed by atoms with Crippen LogP contribution in [0.4, 0.5) is 0 Å². The van der Waals surface area contributed by atoms with Crippen molar-refractivity contribution in [3.63, 3.8) is 0 Å². The van der Waals surface area contributed by atoms with Gasteiger partial charge in [-0.3, -0.25) is 4.79 Å². The predicted molar refractivity (Wildman–Crippen MR) is 72.7 cm³/mol. The van der Waals surface area contributed by atoms with Crippen LogP contribution in [0.2, 0.25) is 0 Å². The summed E-state index contributed by atoms with van der Waals surface area (Å²) in [5.74, 6) is 0.613. The van der Waals surface area contributed by atoms with Crippen molar-refractivity contribution in [3.8, 4) is 0 Å². The Morgan fingerprint density at radius 3 is 2.63 bits per heavy atom. The second-order valence-corrected chi connectivity index (χ2v) is 8.28. The van der Waals surface area contributed by atoms with E-state index in [1.54, 1.807) is 0 Å². The van der Waals surface area contributed by atoms with Gasteiger partial charge in [0, 0.05) is 24.3 Å². The molecule has 1 aliphatic heterocycles. The van der Waals surface area contributed by atoms with E-state index < -0.39 is 20.6 Å². The molecule has 1 saturated carbocycles. The third kappa shape index (κ3) is 2.53. The molecule has 2 rings (SSSR count). The molecule has 0 radical (unpaired) electrons. The summed E-state index contributed by atoms with van der Waals surface area (Å²) in [6, 6.07) is 0. The minimum atomic E-state index is -3.34. The number of amides is 1. The summed E-state index contributed by atoms with van der Waals surface area (Å²) >= 11 is 1.51. The first-order chi connectivity index (χ1) is 8.83. The second kappa shape index (κ2) is 4.86. The number of hydrogen-bond acceptors (Lipinski definition) is 6. The smallest absolute Gasteiger partial charge is 0.237 e. The van der Waals surface area contributed by atoms with E-state index in [0.717, 1.165) is 6.26 Å². The maximum atomic E-state index is 12.5. The average Bonchev–Trinajstić information content (AvgIpc) is 3.17. The van der Waals surface area contributed by atoms with Crippen LogP contribution in [0, 0.1) is 5.41 Å². The summed E-state index contributed by atoms with van der Waals surface area (Å²) in [4.78, 5) is 13.9. The van der Waals surface area contributed by atoms with Gasteiger partial charge in [0.2, 0.25) is 5.91 Å². The van der Waals surface area contributed by atoms with Crippen molar-refractivity contribution >= 4 is 33.3 Å². The quantitative estimate of drug-likeness (QED) is 0.313. The highest BCUT2D eigenvalue weighted by molar-refractivity contribution is 8.00. The molecule has 1 amide bonds. The number of rotatable bonds is 3. The Bertz CT molecular complexity index is 513. The summed E-state index contributed by atoms with van der Waals surface area (Å²) in [7, 11) is -3.34. The molecule has 0 aromatic rings. The van der Waals surface area contributed by atoms with Crippen molar-refractivity contribution in [2.24, 2.45) is 16.3 Å². The molecule has 19 heavy (non-hydrogen) atoms. The van der Waals surface area contributed by atoms with Crippen LogP contribution in [-0.4, -0.2) is 59.9 Å². The van der Waals surface area contributed by atoms with E-state index in [2.05, 4.69) is 5.16 Å². The van der Waals surface area contributed by atoms with Gasteiger partial charge in [-0.15, -0.1) is 0 Å². The molecular weight excluding hydrogens is 290 g/mol. The highest BCUT2D eigenvalue weighted by Gasteiger charge is 2.57. The fraction of sp³-hybridized carbons (Fsp3) is 0.800. The molecule has 0 spiro atoms. The first-order valence-corrected chi connectivity index (χ1v) is 8.99.